The van der Waals surface area contributed by atoms with Crippen LogP contribution in [0.3, 0.4) is 0 Å². The second kappa shape index (κ2) is 2.69. The van der Waals surface area contributed by atoms with E-state index < -0.39 is 17.5 Å². The summed E-state index contributed by atoms with van der Waals surface area (Å²) in [4.78, 5) is 21.6. The number of nitrogens with two attached hydrogens (primary N) is 1. The molecule has 0 saturated heterocycles. The predicted molar refractivity (Wildman–Crippen MR) is 42.1 cm³/mol. The molecular weight excluding hydrogens is 160 g/mol. The van der Waals surface area contributed by atoms with E-state index in [1.54, 1.807) is 6.92 Å². The lowest BCUT2D eigenvalue weighted by Crippen LogP contribution is -2.31. The van der Waals surface area contributed by atoms with E-state index in [1.165, 1.54) is 12.1 Å². The van der Waals surface area contributed by atoms with E-state index in [4.69, 9.17) is 10.8 Å². The van der Waals surface area contributed by atoms with Crippen molar-refractivity contribution < 1.29 is 9.90 Å². The first-order valence-electron chi connectivity index (χ1n) is 3.25. The lowest BCUT2D eigenvalue weighted by atomic mass is 10.3. The van der Waals surface area contributed by atoms with Crippen LogP contribution in [0.1, 0.15) is 5.56 Å². The average molecular weight is 168 g/mol. The Morgan fingerprint density at radius 1 is 1.58 bits per heavy atom. The SMILES string of the molecule is Cc1cc(O)n(C(N)=O)c(=O)c1. The maximum absolute atomic E-state index is 11.0. The van der Waals surface area contributed by atoms with Crippen molar-refractivity contribution in [3.05, 3.63) is 28.0 Å². The molecule has 1 aromatic heterocycles. The molecule has 0 saturated carbocycles. The van der Waals surface area contributed by atoms with Crippen LogP contribution >= 0.6 is 0 Å². The zero-order valence-electron chi connectivity index (χ0n) is 6.44. The molecule has 0 atom stereocenters. The number of carbonyl (C=O) groups is 1. The molecule has 5 heteroatoms. The number of hydrogen-bond acceptors (Lipinski definition) is 3. The number of aromatic nitrogens is 1. The first kappa shape index (κ1) is 8.32. The molecule has 5 nitrogen and oxygen atoms in total. The third kappa shape index (κ3) is 1.29. The van der Waals surface area contributed by atoms with Gasteiger partial charge in [-0.05, 0) is 12.5 Å². The zero-order chi connectivity index (χ0) is 9.30. The number of pyridine rings is 1. The number of aryl methyl sites for hydroxylation is 1. The Labute approximate surface area is 68.0 Å². The van der Waals surface area contributed by atoms with Crippen LogP contribution in [-0.2, 0) is 0 Å². The predicted octanol–water partition coefficient (Wildman–Crippen LogP) is -0.211. The standard InChI is InChI=1S/C7H8N2O3/c1-4-2-5(10)9(7(8)12)6(11)3-4/h2-3,10H,1H3,(H2,8,12). The summed E-state index contributed by atoms with van der Waals surface area (Å²) >= 11 is 0. The van der Waals surface area contributed by atoms with E-state index >= 15 is 0 Å². The van der Waals surface area contributed by atoms with Crippen molar-refractivity contribution in [2.45, 2.75) is 6.92 Å². The number of hydrogen-bond donors (Lipinski definition) is 2. The van der Waals surface area contributed by atoms with Gasteiger partial charge in [0.1, 0.15) is 0 Å². The third-order valence-electron chi connectivity index (χ3n) is 1.38. The molecule has 3 N–H and O–H groups in total. The highest BCUT2D eigenvalue weighted by atomic mass is 16.3. The van der Waals surface area contributed by atoms with Crippen LogP contribution in [0.4, 0.5) is 4.79 Å². The summed E-state index contributed by atoms with van der Waals surface area (Å²) in [7, 11) is 0. The lowest BCUT2D eigenvalue weighted by molar-refractivity contribution is 0.246. The maximum atomic E-state index is 11.0. The van der Waals surface area contributed by atoms with E-state index in [2.05, 4.69) is 0 Å². The summed E-state index contributed by atoms with van der Waals surface area (Å²) in [5.41, 5.74) is 4.78. The molecule has 0 fully saturated rings. The van der Waals surface area contributed by atoms with Crippen LogP contribution in [0.5, 0.6) is 5.88 Å². The minimum absolute atomic E-state index is 0.437. The van der Waals surface area contributed by atoms with Crippen molar-refractivity contribution in [3.63, 3.8) is 0 Å². The number of amides is 1. The van der Waals surface area contributed by atoms with Crippen molar-refractivity contribution in [1.82, 2.24) is 4.57 Å². The smallest absolute Gasteiger partial charge is 0.328 e. The van der Waals surface area contributed by atoms with Gasteiger partial charge in [0.2, 0.25) is 5.88 Å². The van der Waals surface area contributed by atoms with E-state index in [9.17, 15) is 9.59 Å². The number of nitrogens with zero attached hydrogens (tertiary/aromatic N) is 1. The van der Waals surface area contributed by atoms with Crippen LogP contribution in [0.15, 0.2) is 16.9 Å². The van der Waals surface area contributed by atoms with Crippen molar-refractivity contribution in [1.29, 1.82) is 0 Å². The molecule has 0 radical (unpaired) electrons. The molecule has 0 aliphatic heterocycles. The Morgan fingerprint density at radius 2 is 2.17 bits per heavy atom. The molecular formula is C7H8N2O3. The maximum Gasteiger partial charge on any atom is 0.328 e. The Hall–Kier alpha value is -1.78. The van der Waals surface area contributed by atoms with Crippen LogP contribution in [0.2, 0.25) is 0 Å². The summed E-state index contributed by atoms with van der Waals surface area (Å²) in [6.07, 6.45) is 0. The fourth-order valence-electron chi connectivity index (χ4n) is 0.904. The zero-order valence-corrected chi connectivity index (χ0v) is 6.44. The highest BCUT2D eigenvalue weighted by Crippen LogP contribution is 2.06. The number of rotatable bonds is 0. The van der Waals surface area contributed by atoms with Gasteiger partial charge in [-0.25, -0.2) is 4.79 Å². The molecule has 0 aliphatic carbocycles. The Balaban J connectivity index is 3.49. The largest absolute Gasteiger partial charge is 0.494 e. The Morgan fingerprint density at radius 3 is 2.58 bits per heavy atom. The quantitative estimate of drug-likeness (QED) is 0.562. The van der Waals surface area contributed by atoms with E-state index in [-0.39, 0.29) is 0 Å². The molecule has 12 heavy (non-hydrogen) atoms. The highest BCUT2D eigenvalue weighted by Gasteiger charge is 2.07. The second-order valence-corrected chi connectivity index (χ2v) is 2.40. The molecule has 0 aliphatic rings. The fraction of sp³-hybridized carbons (Fsp3) is 0.143. The van der Waals surface area contributed by atoms with Gasteiger partial charge in [0.15, 0.2) is 0 Å². The van der Waals surface area contributed by atoms with Crippen molar-refractivity contribution >= 4 is 6.03 Å². The van der Waals surface area contributed by atoms with Gasteiger partial charge in [0.05, 0.1) is 0 Å². The summed E-state index contributed by atoms with van der Waals surface area (Å²) in [5, 5.41) is 9.10. The van der Waals surface area contributed by atoms with Crippen LogP contribution < -0.4 is 11.3 Å². The van der Waals surface area contributed by atoms with E-state index in [0.717, 1.165) is 0 Å². The first-order valence-corrected chi connectivity index (χ1v) is 3.25. The summed E-state index contributed by atoms with van der Waals surface area (Å²) in [6.45, 7) is 1.63. The van der Waals surface area contributed by atoms with Gasteiger partial charge in [-0.2, -0.15) is 4.57 Å². The van der Waals surface area contributed by atoms with Crippen LogP contribution in [0.25, 0.3) is 0 Å². The van der Waals surface area contributed by atoms with Gasteiger partial charge in [-0.1, -0.05) is 0 Å². The van der Waals surface area contributed by atoms with Gasteiger partial charge in [-0.15, -0.1) is 0 Å². The molecule has 1 heterocycles. The van der Waals surface area contributed by atoms with Gasteiger partial charge in [-0.3, -0.25) is 4.79 Å². The Bertz CT molecular complexity index is 381. The minimum atomic E-state index is -0.988. The average Bonchev–Trinajstić information content (AvgIpc) is 1.82. The van der Waals surface area contributed by atoms with Gasteiger partial charge >= 0.3 is 6.03 Å². The normalized spacial score (nSPS) is 9.75. The summed E-state index contributed by atoms with van der Waals surface area (Å²) in [6, 6.07) is 1.51. The lowest BCUT2D eigenvalue weighted by Gasteiger charge is -2.02. The van der Waals surface area contributed by atoms with Crippen molar-refractivity contribution in [2.24, 2.45) is 5.73 Å². The summed E-state index contributed by atoms with van der Waals surface area (Å²) in [5.74, 6) is -0.437. The molecule has 1 rings (SSSR count). The van der Waals surface area contributed by atoms with Crippen molar-refractivity contribution in [3.8, 4) is 5.88 Å². The highest BCUT2D eigenvalue weighted by molar-refractivity contribution is 5.76. The molecule has 0 aromatic carbocycles. The molecule has 0 bridgehead atoms. The van der Waals surface area contributed by atoms with Crippen molar-refractivity contribution in [2.75, 3.05) is 0 Å². The van der Waals surface area contributed by atoms with Gasteiger partial charge in [0.25, 0.3) is 5.56 Å². The number of primary amides is 1. The van der Waals surface area contributed by atoms with E-state index in [0.29, 0.717) is 10.1 Å². The molecule has 1 aromatic rings. The van der Waals surface area contributed by atoms with Crippen LogP contribution in [0, 0.1) is 6.92 Å². The van der Waals surface area contributed by atoms with Gasteiger partial charge in [0, 0.05) is 12.1 Å². The monoisotopic (exact) mass is 168 g/mol. The van der Waals surface area contributed by atoms with Gasteiger partial charge < -0.3 is 10.8 Å². The molecule has 0 spiro atoms. The third-order valence-corrected chi connectivity index (χ3v) is 1.38. The number of carbonyl (C=O) groups excluding carboxylic acids is 1. The summed E-state index contributed by atoms with van der Waals surface area (Å²) < 4.78 is 0.493. The molecule has 64 valence electrons. The second-order valence-electron chi connectivity index (χ2n) is 2.40. The van der Waals surface area contributed by atoms with Crippen LogP contribution in [-0.4, -0.2) is 15.7 Å². The molecule has 1 amide bonds. The topological polar surface area (TPSA) is 85.3 Å². The minimum Gasteiger partial charge on any atom is -0.494 e. The number of aromatic hydroxyl groups is 1. The first-order chi connectivity index (χ1) is 5.52. The van der Waals surface area contributed by atoms with E-state index in [1.807, 2.05) is 0 Å². The Kier molecular flexibility index (Phi) is 1.86. The fourth-order valence-corrected chi connectivity index (χ4v) is 0.904. The molecule has 0 unspecified atom stereocenters.